The normalized spacial score (nSPS) is 16.6. The maximum Gasteiger partial charge on any atom is 0.267 e. The molecule has 7 heteroatoms. The molecule has 0 bridgehead atoms. The zero-order valence-corrected chi connectivity index (χ0v) is 12.7. The van der Waals surface area contributed by atoms with E-state index in [-0.39, 0.29) is 17.3 Å². The van der Waals surface area contributed by atoms with Crippen LogP contribution in [0.4, 0.5) is 0 Å². The van der Waals surface area contributed by atoms with Crippen LogP contribution in [0.25, 0.3) is 0 Å². The Balaban J connectivity index is 2.48. The fraction of sp³-hybridized carbons (Fsp3) is 0.300. The fourth-order valence-electron chi connectivity index (χ4n) is 1.68. The second-order valence-corrected chi connectivity index (χ2v) is 7.25. The molecule has 0 N–H and O–H groups in total. The van der Waals surface area contributed by atoms with Gasteiger partial charge in [-0.3, -0.25) is 4.79 Å². The molecule has 1 heterocycles. The molecular weight excluding hydrogens is 374 g/mol. The SMILES string of the molecule is O=C1CCCN1S(=O)(=O)c1ccc(Br)cc1Br. The van der Waals surface area contributed by atoms with Crippen LogP contribution in [0.1, 0.15) is 12.8 Å². The zero-order chi connectivity index (χ0) is 12.6. The molecule has 0 aliphatic carbocycles. The van der Waals surface area contributed by atoms with Crippen LogP contribution in [-0.2, 0) is 14.8 Å². The molecule has 2 rings (SSSR count). The summed E-state index contributed by atoms with van der Waals surface area (Å²) in [6.07, 6.45) is 0.888. The maximum atomic E-state index is 12.2. The number of nitrogens with zero attached hydrogens (tertiary/aromatic N) is 1. The van der Waals surface area contributed by atoms with E-state index in [2.05, 4.69) is 31.9 Å². The van der Waals surface area contributed by atoms with Gasteiger partial charge in [-0.2, -0.15) is 0 Å². The van der Waals surface area contributed by atoms with Gasteiger partial charge in [-0.05, 0) is 40.5 Å². The highest BCUT2D eigenvalue weighted by molar-refractivity contribution is 9.11. The van der Waals surface area contributed by atoms with Crippen molar-refractivity contribution in [3.05, 3.63) is 27.1 Å². The van der Waals surface area contributed by atoms with Crippen LogP contribution in [0.3, 0.4) is 0 Å². The van der Waals surface area contributed by atoms with E-state index in [9.17, 15) is 13.2 Å². The van der Waals surface area contributed by atoms with E-state index >= 15 is 0 Å². The predicted octanol–water partition coefficient (Wildman–Crippen LogP) is 2.52. The first-order valence-electron chi connectivity index (χ1n) is 4.93. The van der Waals surface area contributed by atoms with Gasteiger partial charge < -0.3 is 0 Å². The van der Waals surface area contributed by atoms with Crippen molar-refractivity contribution in [1.29, 1.82) is 0 Å². The van der Waals surface area contributed by atoms with Crippen LogP contribution in [0.2, 0.25) is 0 Å². The molecule has 1 aliphatic rings. The van der Waals surface area contributed by atoms with Crippen molar-refractivity contribution in [1.82, 2.24) is 4.31 Å². The Morgan fingerprint density at radius 2 is 1.94 bits per heavy atom. The lowest BCUT2D eigenvalue weighted by Crippen LogP contribution is -2.32. The van der Waals surface area contributed by atoms with E-state index in [1.54, 1.807) is 12.1 Å². The van der Waals surface area contributed by atoms with Gasteiger partial charge in [0.2, 0.25) is 5.91 Å². The third-order valence-electron chi connectivity index (χ3n) is 2.49. The summed E-state index contributed by atoms with van der Waals surface area (Å²) >= 11 is 6.46. The minimum absolute atomic E-state index is 0.121. The highest BCUT2D eigenvalue weighted by Gasteiger charge is 2.33. The van der Waals surface area contributed by atoms with Gasteiger partial charge in [0, 0.05) is 21.9 Å². The van der Waals surface area contributed by atoms with Crippen molar-refractivity contribution in [2.75, 3.05) is 6.54 Å². The molecule has 0 spiro atoms. The van der Waals surface area contributed by atoms with Gasteiger partial charge in [0.25, 0.3) is 10.0 Å². The van der Waals surface area contributed by atoms with Crippen molar-refractivity contribution < 1.29 is 13.2 Å². The molecule has 1 aliphatic heterocycles. The summed E-state index contributed by atoms with van der Waals surface area (Å²) in [5, 5.41) is 0. The number of carbonyl (C=O) groups excluding carboxylic acids is 1. The van der Waals surface area contributed by atoms with E-state index in [1.165, 1.54) is 6.07 Å². The number of benzene rings is 1. The molecular formula is C10H9Br2NO3S. The molecule has 1 aromatic carbocycles. The number of rotatable bonds is 2. The Hall–Kier alpha value is -0.400. The van der Waals surface area contributed by atoms with Crippen LogP contribution >= 0.6 is 31.9 Å². The standard InChI is InChI=1S/C10H9Br2NO3S/c11-7-3-4-9(8(12)6-7)17(15,16)13-5-1-2-10(13)14/h3-4,6H,1-2,5H2. The third kappa shape index (κ3) is 2.41. The highest BCUT2D eigenvalue weighted by Crippen LogP contribution is 2.30. The quantitative estimate of drug-likeness (QED) is 0.789. The van der Waals surface area contributed by atoms with Crippen LogP contribution in [0, 0.1) is 0 Å². The Morgan fingerprint density at radius 3 is 2.47 bits per heavy atom. The van der Waals surface area contributed by atoms with E-state index < -0.39 is 10.0 Å². The minimum atomic E-state index is -3.72. The third-order valence-corrected chi connectivity index (χ3v) is 5.78. The lowest BCUT2D eigenvalue weighted by Gasteiger charge is -2.17. The molecule has 1 aromatic rings. The Bertz CT molecular complexity index is 571. The minimum Gasteiger partial charge on any atom is -0.274 e. The largest absolute Gasteiger partial charge is 0.274 e. The van der Waals surface area contributed by atoms with Crippen LogP contribution in [0.15, 0.2) is 32.0 Å². The van der Waals surface area contributed by atoms with Gasteiger partial charge in [-0.15, -0.1) is 0 Å². The lowest BCUT2D eigenvalue weighted by atomic mass is 10.4. The topological polar surface area (TPSA) is 54.5 Å². The van der Waals surface area contributed by atoms with Crippen molar-refractivity contribution in [3.8, 4) is 0 Å². The average molecular weight is 383 g/mol. The monoisotopic (exact) mass is 381 g/mol. The first-order chi connectivity index (χ1) is 7.93. The average Bonchev–Trinajstić information content (AvgIpc) is 2.64. The number of hydrogen-bond acceptors (Lipinski definition) is 3. The molecule has 1 amide bonds. The summed E-state index contributed by atoms with van der Waals surface area (Å²) < 4.78 is 26.6. The van der Waals surface area contributed by atoms with Gasteiger partial charge in [0.1, 0.15) is 4.90 Å². The van der Waals surface area contributed by atoms with E-state index in [4.69, 9.17) is 0 Å². The van der Waals surface area contributed by atoms with E-state index in [0.29, 0.717) is 17.3 Å². The lowest BCUT2D eigenvalue weighted by molar-refractivity contribution is -0.123. The number of sulfonamides is 1. The van der Waals surface area contributed by atoms with Crippen LogP contribution in [0.5, 0.6) is 0 Å². The molecule has 0 saturated carbocycles. The number of carbonyl (C=O) groups is 1. The molecule has 0 unspecified atom stereocenters. The highest BCUT2D eigenvalue weighted by atomic mass is 79.9. The van der Waals surface area contributed by atoms with Gasteiger partial charge >= 0.3 is 0 Å². The van der Waals surface area contributed by atoms with E-state index in [1.807, 2.05) is 0 Å². The van der Waals surface area contributed by atoms with Crippen LogP contribution in [-0.4, -0.2) is 25.2 Å². The molecule has 1 fully saturated rings. The van der Waals surface area contributed by atoms with Crippen molar-refractivity contribution in [2.45, 2.75) is 17.7 Å². The van der Waals surface area contributed by atoms with E-state index in [0.717, 1.165) is 8.78 Å². The first-order valence-corrected chi connectivity index (χ1v) is 7.96. The molecule has 0 aromatic heterocycles. The van der Waals surface area contributed by atoms with Gasteiger partial charge in [0.15, 0.2) is 0 Å². The fourth-order valence-corrected chi connectivity index (χ4v) is 4.85. The van der Waals surface area contributed by atoms with Gasteiger partial charge in [-0.25, -0.2) is 12.7 Å². The summed E-state index contributed by atoms with van der Waals surface area (Å²) in [6.45, 7) is 0.268. The molecule has 4 nitrogen and oxygen atoms in total. The smallest absolute Gasteiger partial charge is 0.267 e. The predicted molar refractivity (Wildman–Crippen MR) is 70.0 cm³/mol. The van der Waals surface area contributed by atoms with Crippen molar-refractivity contribution >= 4 is 47.8 Å². The summed E-state index contributed by atoms with van der Waals surface area (Å²) in [7, 11) is -3.72. The number of hydrogen-bond donors (Lipinski definition) is 0. The summed E-state index contributed by atoms with van der Waals surface area (Å²) in [5.41, 5.74) is 0. The van der Waals surface area contributed by atoms with Crippen LogP contribution < -0.4 is 0 Å². The Labute approximate surface area is 116 Å². The summed E-state index contributed by atoms with van der Waals surface area (Å²) in [4.78, 5) is 11.6. The molecule has 0 radical (unpaired) electrons. The Morgan fingerprint density at radius 1 is 1.24 bits per heavy atom. The van der Waals surface area contributed by atoms with Gasteiger partial charge in [-0.1, -0.05) is 15.9 Å². The van der Waals surface area contributed by atoms with Crippen molar-refractivity contribution in [3.63, 3.8) is 0 Å². The number of amides is 1. The first kappa shape index (κ1) is 13.0. The maximum absolute atomic E-state index is 12.2. The Kier molecular flexibility index (Phi) is 3.61. The molecule has 92 valence electrons. The second kappa shape index (κ2) is 4.70. The summed E-state index contributed by atoms with van der Waals surface area (Å²) in [5.74, 6) is -0.334. The molecule has 17 heavy (non-hydrogen) atoms. The second-order valence-electron chi connectivity index (χ2n) is 3.65. The molecule has 0 atom stereocenters. The number of halogens is 2. The van der Waals surface area contributed by atoms with Crippen molar-refractivity contribution in [2.24, 2.45) is 0 Å². The molecule has 1 saturated heterocycles. The zero-order valence-electron chi connectivity index (χ0n) is 8.69. The van der Waals surface area contributed by atoms with Gasteiger partial charge in [0.05, 0.1) is 0 Å². The summed E-state index contributed by atoms with van der Waals surface area (Å²) in [6, 6.07) is 4.76.